The van der Waals surface area contributed by atoms with Crippen LogP contribution in [0.4, 0.5) is 0 Å². The highest BCUT2D eigenvalue weighted by atomic mass is 16.5. The Hall–Kier alpha value is -0.460. The molecule has 54 valence electrons. The summed E-state index contributed by atoms with van der Waals surface area (Å²) in [6.45, 7) is 5.02. The largest absolute Gasteiger partial charge is 0.502 e. The van der Waals surface area contributed by atoms with Crippen molar-refractivity contribution in [1.29, 1.82) is 0 Å². The van der Waals surface area contributed by atoms with E-state index < -0.39 is 0 Å². The van der Waals surface area contributed by atoms with Gasteiger partial charge < -0.3 is 4.74 Å². The van der Waals surface area contributed by atoms with Crippen molar-refractivity contribution in [2.75, 3.05) is 6.61 Å². The van der Waals surface area contributed by atoms with Gasteiger partial charge in [0.15, 0.2) is 0 Å². The van der Waals surface area contributed by atoms with Gasteiger partial charge in [-0.3, -0.25) is 0 Å². The Balaban J connectivity index is 2.75. The van der Waals surface area contributed by atoms with Gasteiger partial charge >= 0.3 is 0 Å². The Morgan fingerprint density at radius 3 is 2.67 bits per heavy atom. The summed E-state index contributed by atoms with van der Waals surface area (Å²) < 4.78 is 5.10. The molecular weight excluding hydrogens is 112 g/mol. The number of allylic oxidation sites excluding steroid dienone is 1. The molecule has 0 N–H and O–H groups in total. The minimum absolute atomic E-state index is 0.873. The third kappa shape index (κ3) is 7.54. The fourth-order valence-electron chi connectivity index (χ4n) is 0.600. The fourth-order valence-corrected chi connectivity index (χ4v) is 0.600. The summed E-state index contributed by atoms with van der Waals surface area (Å²) in [6.07, 6.45) is 7.37. The van der Waals surface area contributed by atoms with Gasteiger partial charge in [0.1, 0.15) is 0 Å². The van der Waals surface area contributed by atoms with Crippen LogP contribution in [0.15, 0.2) is 12.3 Å². The molecule has 0 amide bonds. The van der Waals surface area contributed by atoms with Gasteiger partial charge in [-0.25, -0.2) is 0 Å². The van der Waals surface area contributed by atoms with E-state index in [4.69, 9.17) is 4.74 Å². The van der Waals surface area contributed by atoms with E-state index in [0.717, 1.165) is 6.61 Å². The highest BCUT2D eigenvalue weighted by Gasteiger charge is 1.81. The van der Waals surface area contributed by atoms with Gasteiger partial charge in [0.2, 0.25) is 0 Å². The molecule has 0 aliphatic heterocycles. The summed E-state index contributed by atoms with van der Waals surface area (Å²) in [6, 6.07) is 0. The van der Waals surface area contributed by atoms with Crippen LogP contribution in [-0.2, 0) is 4.74 Å². The van der Waals surface area contributed by atoms with Crippen LogP contribution in [0.2, 0.25) is 0 Å². The Bertz CT molecular complexity index is 67.0. The summed E-state index contributed by atoms with van der Waals surface area (Å²) in [5.74, 6) is 0. The summed E-state index contributed by atoms with van der Waals surface area (Å²) in [7, 11) is 0. The predicted molar refractivity (Wildman–Crippen MR) is 40.3 cm³/mol. The molecule has 0 aromatic rings. The van der Waals surface area contributed by atoms with Crippen molar-refractivity contribution in [2.24, 2.45) is 0 Å². The van der Waals surface area contributed by atoms with Crippen LogP contribution < -0.4 is 0 Å². The van der Waals surface area contributed by atoms with Crippen LogP contribution in [0.1, 0.15) is 33.1 Å². The van der Waals surface area contributed by atoms with Crippen molar-refractivity contribution in [3.63, 3.8) is 0 Å². The first kappa shape index (κ1) is 8.54. The number of hydrogen-bond acceptors (Lipinski definition) is 1. The summed E-state index contributed by atoms with van der Waals surface area (Å²) in [4.78, 5) is 0. The van der Waals surface area contributed by atoms with Crippen LogP contribution in [-0.4, -0.2) is 6.61 Å². The zero-order valence-electron chi connectivity index (χ0n) is 6.39. The van der Waals surface area contributed by atoms with Gasteiger partial charge in [-0.1, -0.05) is 25.8 Å². The molecule has 0 aromatic heterocycles. The molecule has 0 unspecified atom stereocenters. The molecule has 0 heterocycles. The van der Waals surface area contributed by atoms with Gasteiger partial charge in [0.05, 0.1) is 12.9 Å². The summed E-state index contributed by atoms with van der Waals surface area (Å²) in [5.41, 5.74) is 0. The van der Waals surface area contributed by atoms with Crippen molar-refractivity contribution in [2.45, 2.75) is 33.1 Å². The Morgan fingerprint density at radius 1 is 1.33 bits per heavy atom. The fraction of sp³-hybridized carbons (Fsp3) is 0.750. The monoisotopic (exact) mass is 128 g/mol. The normalized spacial score (nSPS) is 10.4. The van der Waals surface area contributed by atoms with Crippen molar-refractivity contribution < 1.29 is 4.74 Å². The van der Waals surface area contributed by atoms with E-state index in [-0.39, 0.29) is 0 Å². The number of rotatable bonds is 5. The zero-order valence-corrected chi connectivity index (χ0v) is 6.39. The van der Waals surface area contributed by atoms with Crippen LogP contribution >= 0.6 is 0 Å². The van der Waals surface area contributed by atoms with Crippen molar-refractivity contribution in [3.05, 3.63) is 12.3 Å². The Morgan fingerprint density at radius 2 is 2.11 bits per heavy atom. The maximum Gasteiger partial charge on any atom is 0.0873 e. The molecule has 0 rings (SSSR count). The molecule has 0 aliphatic carbocycles. The number of unbranched alkanes of at least 4 members (excludes halogenated alkanes) is 2. The zero-order chi connectivity index (χ0) is 6.95. The van der Waals surface area contributed by atoms with E-state index in [0.29, 0.717) is 0 Å². The molecule has 0 fully saturated rings. The average molecular weight is 128 g/mol. The third-order valence-corrected chi connectivity index (χ3v) is 1.10. The quantitative estimate of drug-likeness (QED) is 0.408. The lowest BCUT2D eigenvalue weighted by Gasteiger charge is -1.96. The molecule has 0 bridgehead atoms. The minimum Gasteiger partial charge on any atom is -0.502 e. The average Bonchev–Trinajstić information content (AvgIpc) is 1.89. The van der Waals surface area contributed by atoms with E-state index in [9.17, 15) is 0 Å². The molecule has 9 heavy (non-hydrogen) atoms. The van der Waals surface area contributed by atoms with Gasteiger partial charge in [0, 0.05) is 0 Å². The van der Waals surface area contributed by atoms with Gasteiger partial charge in [-0.15, -0.1) is 0 Å². The first-order chi connectivity index (χ1) is 4.41. The van der Waals surface area contributed by atoms with E-state index in [1.165, 1.54) is 19.3 Å². The first-order valence-electron chi connectivity index (χ1n) is 3.64. The van der Waals surface area contributed by atoms with Crippen molar-refractivity contribution >= 4 is 0 Å². The molecule has 0 aliphatic rings. The minimum atomic E-state index is 0.873. The predicted octanol–water partition coefficient (Wildman–Crippen LogP) is 2.73. The smallest absolute Gasteiger partial charge is 0.0873 e. The SMILES string of the molecule is C/C=C/OCCCCC. The number of hydrogen-bond donors (Lipinski definition) is 0. The Labute approximate surface area is 57.7 Å². The van der Waals surface area contributed by atoms with Crippen LogP contribution in [0, 0.1) is 0 Å². The van der Waals surface area contributed by atoms with Gasteiger partial charge in [0.25, 0.3) is 0 Å². The van der Waals surface area contributed by atoms with Crippen LogP contribution in [0.3, 0.4) is 0 Å². The molecule has 0 saturated carbocycles. The third-order valence-electron chi connectivity index (χ3n) is 1.10. The second-order valence-electron chi connectivity index (χ2n) is 2.05. The lowest BCUT2D eigenvalue weighted by atomic mass is 10.3. The second kappa shape index (κ2) is 7.54. The molecular formula is C8H16O. The molecule has 1 nitrogen and oxygen atoms in total. The maximum atomic E-state index is 5.10. The van der Waals surface area contributed by atoms with Gasteiger partial charge in [-0.05, 0) is 13.3 Å². The van der Waals surface area contributed by atoms with E-state index in [2.05, 4.69) is 6.92 Å². The van der Waals surface area contributed by atoms with Crippen molar-refractivity contribution in [1.82, 2.24) is 0 Å². The standard InChI is InChI=1S/C8H16O/c1-3-5-6-8-9-7-4-2/h4,7H,3,5-6,8H2,1-2H3/b7-4+. The highest BCUT2D eigenvalue weighted by molar-refractivity contribution is 4.64. The lowest BCUT2D eigenvalue weighted by Crippen LogP contribution is -1.85. The van der Waals surface area contributed by atoms with E-state index in [1.54, 1.807) is 6.26 Å². The summed E-state index contributed by atoms with van der Waals surface area (Å²) in [5, 5.41) is 0. The van der Waals surface area contributed by atoms with E-state index in [1.807, 2.05) is 13.0 Å². The molecule has 0 aromatic carbocycles. The van der Waals surface area contributed by atoms with Crippen molar-refractivity contribution in [3.8, 4) is 0 Å². The van der Waals surface area contributed by atoms with Crippen LogP contribution in [0.5, 0.6) is 0 Å². The first-order valence-corrected chi connectivity index (χ1v) is 3.64. The number of ether oxygens (including phenoxy) is 1. The maximum absolute atomic E-state index is 5.10. The molecule has 0 atom stereocenters. The van der Waals surface area contributed by atoms with E-state index >= 15 is 0 Å². The topological polar surface area (TPSA) is 9.23 Å². The summed E-state index contributed by atoms with van der Waals surface area (Å²) >= 11 is 0. The molecule has 1 heteroatoms. The van der Waals surface area contributed by atoms with Gasteiger partial charge in [-0.2, -0.15) is 0 Å². The second-order valence-corrected chi connectivity index (χ2v) is 2.05. The van der Waals surface area contributed by atoms with Crippen LogP contribution in [0.25, 0.3) is 0 Å². The lowest BCUT2D eigenvalue weighted by molar-refractivity contribution is 0.241. The Kier molecular flexibility index (Phi) is 7.15. The highest BCUT2D eigenvalue weighted by Crippen LogP contribution is 1.93. The molecule has 0 spiro atoms. The molecule has 0 radical (unpaired) electrons. The molecule has 0 saturated heterocycles.